The molecule has 15 heavy (non-hydrogen) atoms. The van der Waals surface area contributed by atoms with E-state index >= 15 is 0 Å². The van der Waals surface area contributed by atoms with Crippen molar-refractivity contribution in [2.75, 3.05) is 13.7 Å². The molecule has 0 saturated heterocycles. The van der Waals surface area contributed by atoms with Gasteiger partial charge in [0.25, 0.3) is 0 Å². The smallest absolute Gasteiger partial charge is 0.305 e. The van der Waals surface area contributed by atoms with Crippen molar-refractivity contribution >= 4 is 17.3 Å². The van der Waals surface area contributed by atoms with Crippen molar-refractivity contribution in [3.05, 3.63) is 21.9 Å². The summed E-state index contributed by atoms with van der Waals surface area (Å²) >= 11 is 1.76. The highest BCUT2D eigenvalue weighted by Crippen LogP contribution is 2.14. The maximum atomic E-state index is 10.8. The number of esters is 1. The monoisotopic (exact) mass is 227 g/mol. The van der Waals surface area contributed by atoms with Gasteiger partial charge in [-0.05, 0) is 36.9 Å². The Morgan fingerprint density at radius 2 is 2.40 bits per heavy atom. The zero-order chi connectivity index (χ0) is 11.1. The van der Waals surface area contributed by atoms with Crippen molar-refractivity contribution in [3.63, 3.8) is 0 Å². The molecule has 0 amide bonds. The second-order valence-corrected chi connectivity index (χ2v) is 4.38. The van der Waals surface area contributed by atoms with Crippen LogP contribution in [-0.2, 0) is 16.1 Å². The molecule has 1 rings (SSSR count). The van der Waals surface area contributed by atoms with Gasteiger partial charge in [-0.15, -0.1) is 11.3 Å². The molecule has 0 fully saturated rings. The quantitative estimate of drug-likeness (QED) is 0.597. The molecule has 0 aliphatic heterocycles. The fraction of sp³-hybridized carbons (Fsp3) is 0.545. The molecule has 1 aromatic heterocycles. The minimum absolute atomic E-state index is 0.135. The van der Waals surface area contributed by atoms with E-state index in [1.807, 2.05) is 0 Å². The first-order valence-electron chi connectivity index (χ1n) is 5.04. The predicted molar refractivity (Wildman–Crippen MR) is 62.0 cm³/mol. The molecule has 0 radical (unpaired) electrons. The van der Waals surface area contributed by atoms with Crippen LogP contribution in [0.1, 0.15) is 23.3 Å². The number of rotatable bonds is 6. The number of aryl methyl sites for hydroxylation is 1. The number of hydrogen-bond donors (Lipinski definition) is 1. The highest BCUT2D eigenvalue weighted by molar-refractivity contribution is 7.10. The number of methoxy groups -OCH3 is 1. The van der Waals surface area contributed by atoms with Gasteiger partial charge in [-0.3, -0.25) is 4.79 Å². The van der Waals surface area contributed by atoms with Gasteiger partial charge in [-0.25, -0.2) is 0 Å². The standard InChI is InChI=1S/C11H17NO2S/c1-9-5-7-15-10(9)8-12-6-3-4-11(13)14-2/h5,7,12H,3-4,6,8H2,1-2H3. The average Bonchev–Trinajstić information content (AvgIpc) is 2.63. The summed E-state index contributed by atoms with van der Waals surface area (Å²) in [7, 11) is 1.42. The van der Waals surface area contributed by atoms with Crippen LogP contribution >= 0.6 is 11.3 Å². The topological polar surface area (TPSA) is 38.3 Å². The predicted octanol–water partition coefficient (Wildman–Crippen LogP) is 2.10. The third-order valence-corrected chi connectivity index (χ3v) is 3.24. The summed E-state index contributed by atoms with van der Waals surface area (Å²) in [6.45, 7) is 3.86. The Kier molecular flexibility index (Phi) is 5.36. The van der Waals surface area contributed by atoms with Gasteiger partial charge in [0, 0.05) is 17.8 Å². The first-order valence-corrected chi connectivity index (χ1v) is 5.92. The largest absolute Gasteiger partial charge is 0.469 e. The summed E-state index contributed by atoms with van der Waals surface area (Å²) in [6.07, 6.45) is 1.32. The number of thiophene rings is 1. The van der Waals surface area contributed by atoms with E-state index in [0.29, 0.717) is 6.42 Å². The van der Waals surface area contributed by atoms with Crippen LogP contribution in [0.3, 0.4) is 0 Å². The minimum atomic E-state index is -0.135. The molecule has 0 bridgehead atoms. The summed E-state index contributed by atoms with van der Waals surface area (Å²) in [6, 6.07) is 2.12. The van der Waals surface area contributed by atoms with E-state index in [-0.39, 0.29) is 5.97 Å². The fourth-order valence-electron chi connectivity index (χ4n) is 1.25. The van der Waals surface area contributed by atoms with E-state index < -0.39 is 0 Å². The Morgan fingerprint density at radius 1 is 1.60 bits per heavy atom. The third kappa shape index (κ3) is 4.44. The van der Waals surface area contributed by atoms with Gasteiger partial charge >= 0.3 is 5.97 Å². The first kappa shape index (κ1) is 12.2. The number of carbonyl (C=O) groups is 1. The molecular weight excluding hydrogens is 210 g/mol. The highest BCUT2D eigenvalue weighted by atomic mass is 32.1. The zero-order valence-corrected chi connectivity index (χ0v) is 10.0. The second-order valence-electron chi connectivity index (χ2n) is 3.38. The summed E-state index contributed by atoms with van der Waals surface area (Å²) in [5.74, 6) is -0.135. The molecule has 3 nitrogen and oxygen atoms in total. The van der Waals surface area contributed by atoms with Crippen molar-refractivity contribution in [1.29, 1.82) is 0 Å². The van der Waals surface area contributed by atoms with Gasteiger partial charge in [0.05, 0.1) is 7.11 Å². The van der Waals surface area contributed by atoms with E-state index in [0.717, 1.165) is 19.5 Å². The van der Waals surface area contributed by atoms with Gasteiger partial charge in [-0.1, -0.05) is 0 Å². The van der Waals surface area contributed by atoms with Gasteiger partial charge < -0.3 is 10.1 Å². The van der Waals surface area contributed by atoms with E-state index in [4.69, 9.17) is 0 Å². The SMILES string of the molecule is COC(=O)CCCNCc1sccc1C. The maximum Gasteiger partial charge on any atom is 0.305 e. The summed E-state index contributed by atoms with van der Waals surface area (Å²) in [4.78, 5) is 12.2. The number of nitrogens with one attached hydrogen (secondary N) is 1. The van der Waals surface area contributed by atoms with Gasteiger partial charge in [0.2, 0.25) is 0 Å². The molecule has 0 aliphatic carbocycles. The lowest BCUT2D eigenvalue weighted by molar-refractivity contribution is -0.140. The fourth-order valence-corrected chi connectivity index (χ4v) is 2.12. The Hall–Kier alpha value is -0.870. The van der Waals surface area contributed by atoms with Crippen molar-refractivity contribution in [3.8, 4) is 0 Å². The number of ether oxygens (including phenoxy) is 1. The van der Waals surface area contributed by atoms with Crippen molar-refractivity contribution < 1.29 is 9.53 Å². The lowest BCUT2D eigenvalue weighted by atomic mass is 10.3. The Bertz CT molecular complexity index is 309. The molecule has 0 unspecified atom stereocenters. The molecule has 1 N–H and O–H groups in total. The molecule has 84 valence electrons. The Labute approximate surface area is 94.5 Å². The molecule has 0 aliphatic rings. The molecular formula is C11H17NO2S. The summed E-state index contributed by atoms with van der Waals surface area (Å²) in [5, 5.41) is 5.41. The molecule has 4 heteroatoms. The maximum absolute atomic E-state index is 10.8. The molecule has 0 saturated carbocycles. The molecule has 0 aromatic carbocycles. The lowest BCUT2D eigenvalue weighted by Crippen LogP contribution is -2.15. The van der Waals surface area contributed by atoms with E-state index in [9.17, 15) is 4.79 Å². The van der Waals surface area contributed by atoms with Crippen LogP contribution in [-0.4, -0.2) is 19.6 Å². The average molecular weight is 227 g/mol. The number of hydrogen-bond acceptors (Lipinski definition) is 4. The summed E-state index contributed by atoms with van der Waals surface area (Å²) in [5.41, 5.74) is 1.33. The van der Waals surface area contributed by atoms with Gasteiger partial charge in [0.1, 0.15) is 0 Å². The van der Waals surface area contributed by atoms with Crippen LogP contribution in [0.2, 0.25) is 0 Å². The number of carbonyl (C=O) groups excluding carboxylic acids is 1. The van der Waals surface area contributed by atoms with Crippen LogP contribution < -0.4 is 5.32 Å². The minimum Gasteiger partial charge on any atom is -0.469 e. The van der Waals surface area contributed by atoms with Crippen LogP contribution in [0, 0.1) is 6.92 Å². The van der Waals surface area contributed by atoms with E-state index in [2.05, 4.69) is 28.4 Å². The Morgan fingerprint density at radius 3 is 3.00 bits per heavy atom. The van der Waals surface area contributed by atoms with Crippen molar-refractivity contribution in [2.24, 2.45) is 0 Å². The van der Waals surface area contributed by atoms with Crippen molar-refractivity contribution in [2.45, 2.75) is 26.3 Å². The first-order chi connectivity index (χ1) is 7.24. The van der Waals surface area contributed by atoms with E-state index in [1.54, 1.807) is 11.3 Å². The van der Waals surface area contributed by atoms with Crippen LogP contribution in [0.5, 0.6) is 0 Å². The van der Waals surface area contributed by atoms with Crippen molar-refractivity contribution in [1.82, 2.24) is 5.32 Å². The second kappa shape index (κ2) is 6.58. The normalized spacial score (nSPS) is 10.3. The van der Waals surface area contributed by atoms with Crippen LogP contribution in [0.4, 0.5) is 0 Å². The third-order valence-electron chi connectivity index (χ3n) is 2.22. The van der Waals surface area contributed by atoms with Gasteiger partial charge in [-0.2, -0.15) is 0 Å². The molecule has 0 spiro atoms. The zero-order valence-electron chi connectivity index (χ0n) is 9.21. The summed E-state index contributed by atoms with van der Waals surface area (Å²) < 4.78 is 4.56. The highest BCUT2D eigenvalue weighted by Gasteiger charge is 2.00. The van der Waals surface area contributed by atoms with E-state index in [1.165, 1.54) is 17.6 Å². The van der Waals surface area contributed by atoms with Crippen LogP contribution in [0.25, 0.3) is 0 Å². The molecule has 0 atom stereocenters. The molecule has 1 aromatic rings. The lowest BCUT2D eigenvalue weighted by Gasteiger charge is -2.03. The molecule has 1 heterocycles. The van der Waals surface area contributed by atoms with Crippen LogP contribution in [0.15, 0.2) is 11.4 Å². The van der Waals surface area contributed by atoms with Gasteiger partial charge in [0.15, 0.2) is 0 Å². The Balaban J connectivity index is 2.07.